The second-order valence-corrected chi connectivity index (χ2v) is 5.27. The number of H-pyrrole nitrogens is 2. The highest BCUT2D eigenvalue weighted by Gasteiger charge is 2.21. The van der Waals surface area contributed by atoms with Gasteiger partial charge in [0, 0.05) is 30.5 Å². The predicted octanol–water partition coefficient (Wildman–Crippen LogP) is 2.02. The SMILES string of the molecule is O=C(CCc1nc(Cl)n[nH]1)Nc1cc(C2CCC2)[nH]n1. The number of hydrogen-bond donors (Lipinski definition) is 3. The van der Waals surface area contributed by atoms with Crippen molar-refractivity contribution < 1.29 is 4.79 Å². The van der Waals surface area contributed by atoms with E-state index >= 15 is 0 Å². The molecule has 1 aliphatic carbocycles. The molecule has 2 aromatic rings. The van der Waals surface area contributed by atoms with Crippen molar-refractivity contribution in [1.82, 2.24) is 25.4 Å². The van der Waals surface area contributed by atoms with Crippen LogP contribution in [0.25, 0.3) is 0 Å². The van der Waals surface area contributed by atoms with E-state index < -0.39 is 0 Å². The van der Waals surface area contributed by atoms with Gasteiger partial charge in [-0.1, -0.05) is 6.42 Å². The molecule has 0 unspecified atom stereocenters. The molecule has 1 fully saturated rings. The van der Waals surface area contributed by atoms with E-state index in [0.717, 1.165) is 5.69 Å². The summed E-state index contributed by atoms with van der Waals surface area (Å²) >= 11 is 5.59. The van der Waals surface area contributed by atoms with E-state index in [-0.39, 0.29) is 11.2 Å². The van der Waals surface area contributed by atoms with E-state index in [4.69, 9.17) is 11.6 Å². The standard InChI is InChI=1S/C12H15ClN6O/c13-12-15-9(17-19-12)4-5-11(20)14-10-6-8(16-18-10)7-2-1-3-7/h6-7H,1-5H2,(H,15,17,19)(H2,14,16,18,20). The van der Waals surface area contributed by atoms with Gasteiger partial charge in [-0.05, 0) is 24.4 Å². The first-order chi connectivity index (χ1) is 9.70. The molecule has 2 heterocycles. The van der Waals surface area contributed by atoms with Gasteiger partial charge in [-0.2, -0.15) is 5.10 Å². The number of nitrogens with zero attached hydrogens (tertiary/aromatic N) is 3. The van der Waals surface area contributed by atoms with Gasteiger partial charge in [0.25, 0.3) is 0 Å². The Morgan fingerprint density at radius 1 is 1.40 bits per heavy atom. The lowest BCUT2D eigenvalue weighted by atomic mass is 9.83. The predicted molar refractivity (Wildman–Crippen MR) is 73.5 cm³/mol. The third-order valence-corrected chi connectivity index (χ3v) is 3.67. The van der Waals surface area contributed by atoms with Gasteiger partial charge in [-0.25, -0.2) is 4.98 Å². The van der Waals surface area contributed by atoms with Crippen molar-refractivity contribution in [2.75, 3.05) is 5.32 Å². The molecule has 0 spiro atoms. The van der Waals surface area contributed by atoms with E-state index in [1.54, 1.807) is 0 Å². The number of anilines is 1. The fraction of sp³-hybridized carbons (Fsp3) is 0.500. The molecule has 106 valence electrons. The monoisotopic (exact) mass is 294 g/mol. The number of aromatic nitrogens is 5. The average Bonchev–Trinajstić information content (AvgIpc) is 2.94. The first kappa shape index (κ1) is 13.1. The molecule has 1 amide bonds. The number of aromatic amines is 2. The summed E-state index contributed by atoms with van der Waals surface area (Å²) in [6.45, 7) is 0. The Kier molecular flexibility index (Phi) is 3.68. The van der Waals surface area contributed by atoms with Crippen LogP contribution in [0.15, 0.2) is 6.07 Å². The van der Waals surface area contributed by atoms with E-state index in [1.807, 2.05) is 6.07 Å². The van der Waals surface area contributed by atoms with Gasteiger partial charge >= 0.3 is 0 Å². The summed E-state index contributed by atoms with van der Waals surface area (Å²) in [6.07, 6.45) is 4.43. The Labute approximate surface area is 120 Å². The molecule has 0 aliphatic heterocycles. The van der Waals surface area contributed by atoms with Crippen LogP contribution in [0.5, 0.6) is 0 Å². The molecule has 1 saturated carbocycles. The van der Waals surface area contributed by atoms with Crippen LogP contribution in [-0.2, 0) is 11.2 Å². The van der Waals surface area contributed by atoms with Crippen molar-refractivity contribution in [2.24, 2.45) is 0 Å². The van der Waals surface area contributed by atoms with Gasteiger partial charge in [0.2, 0.25) is 11.2 Å². The van der Waals surface area contributed by atoms with Crippen LogP contribution in [0.1, 0.15) is 43.1 Å². The summed E-state index contributed by atoms with van der Waals surface area (Å²) in [6, 6.07) is 1.91. The van der Waals surface area contributed by atoms with Crippen LogP contribution < -0.4 is 5.32 Å². The highest BCUT2D eigenvalue weighted by atomic mass is 35.5. The van der Waals surface area contributed by atoms with E-state index in [9.17, 15) is 4.79 Å². The zero-order chi connectivity index (χ0) is 13.9. The van der Waals surface area contributed by atoms with Crippen molar-refractivity contribution in [1.29, 1.82) is 0 Å². The fourth-order valence-electron chi connectivity index (χ4n) is 2.15. The van der Waals surface area contributed by atoms with Crippen LogP contribution >= 0.6 is 11.6 Å². The molecule has 2 aromatic heterocycles. The Morgan fingerprint density at radius 2 is 2.25 bits per heavy atom. The summed E-state index contributed by atoms with van der Waals surface area (Å²) in [5, 5.41) is 16.4. The molecule has 0 bridgehead atoms. The highest BCUT2D eigenvalue weighted by Crippen LogP contribution is 2.35. The van der Waals surface area contributed by atoms with E-state index in [0.29, 0.717) is 30.4 Å². The zero-order valence-electron chi connectivity index (χ0n) is 10.8. The Bertz CT molecular complexity index is 603. The zero-order valence-corrected chi connectivity index (χ0v) is 11.6. The summed E-state index contributed by atoms with van der Waals surface area (Å²) in [4.78, 5) is 15.7. The lowest BCUT2D eigenvalue weighted by Gasteiger charge is -2.23. The Morgan fingerprint density at radius 3 is 2.90 bits per heavy atom. The van der Waals surface area contributed by atoms with Crippen LogP contribution in [0, 0.1) is 0 Å². The summed E-state index contributed by atoms with van der Waals surface area (Å²) in [5.74, 6) is 1.64. The highest BCUT2D eigenvalue weighted by molar-refractivity contribution is 6.28. The number of hydrogen-bond acceptors (Lipinski definition) is 4. The van der Waals surface area contributed by atoms with Crippen molar-refractivity contribution in [2.45, 2.75) is 38.0 Å². The lowest BCUT2D eigenvalue weighted by molar-refractivity contribution is -0.116. The molecule has 0 radical (unpaired) electrons. The smallest absolute Gasteiger partial charge is 0.242 e. The fourth-order valence-corrected chi connectivity index (χ4v) is 2.29. The number of halogens is 1. The van der Waals surface area contributed by atoms with Crippen LogP contribution in [0.3, 0.4) is 0 Å². The van der Waals surface area contributed by atoms with Crippen molar-refractivity contribution in [3.63, 3.8) is 0 Å². The largest absolute Gasteiger partial charge is 0.309 e. The quantitative estimate of drug-likeness (QED) is 0.785. The van der Waals surface area contributed by atoms with E-state index in [2.05, 4.69) is 30.7 Å². The number of carbonyl (C=O) groups is 1. The molecule has 7 nitrogen and oxygen atoms in total. The molecule has 0 saturated heterocycles. The third kappa shape index (κ3) is 2.98. The van der Waals surface area contributed by atoms with Gasteiger partial charge in [-0.15, -0.1) is 5.10 Å². The molecule has 3 rings (SSSR count). The minimum atomic E-state index is -0.107. The van der Waals surface area contributed by atoms with E-state index in [1.165, 1.54) is 19.3 Å². The number of nitrogens with one attached hydrogen (secondary N) is 3. The maximum atomic E-state index is 11.8. The van der Waals surface area contributed by atoms with Gasteiger partial charge in [0.15, 0.2) is 5.82 Å². The molecular formula is C12H15ClN6O. The molecule has 1 aliphatic rings. The molecule has 3 N–H and O–H groups in total. The molecule has 0 aromatic carbocycles. The molecular weight excluding hydrogens is 280 g/mol. The lowest BCUT2D eigenvalue weighted by Crippen LogP contribution is -2.13. The molecule has 8 heteroatoms. The second kappa shape index (κ2) is 5.62. The normalized spacial score (nSPS) is 15.1. The van der Waals surface area contributed by atoms with Gasteiger partial charge in [0.05, 0.1) is 0 Å². The van der Waals surface area contributed by atoms with Gasteiger partial charge in [0.1, 0.15) is 5.82 Å². The van der Waals surface area contributed by atoms with Crippen LogP contribution in [0.2, 0.25) is 5.28 Å². The van der Waals surface area contributed by atoms with Crippen LogP contribution in [-0.4, -0.2) is 31.3 Å². The summed E-state index contributed by atoms with van der Waals surface area (Å²) in [7, 11) is 0. The maximum absolute atomic E-state index is 11.8. The Balaban J connectivity index is 1.49. The molecule has 0 atom stereocenters. The number of amides is 1. The second-order valence-electron chi connectivity index (χ2n) is 4.94. The number of carbonyl (C=O) groups excluding carboxylic acids is 1. The summed E-state index contributed by atoms with van der Waals surface area (Å²) < 4.78 is 0. The van der Waals surface area contributed by atoms with Crippen molar-refractivity contribution in [3.05, 3.63) is 22.9 Å². The number of rotatable bonds is 5. The van der Waals surface area contributed by atoms with Gasteiger partial charge < -0.3 is 5.32 Å². The molecule has 20 heavy (non-hydrogen) atoms. The Hall–Kier alpha value is -1.89. The van der Waals surface area contributed by atoms with Crippen molar-refractivity contribution >= 4 is 23.3 Å². The minimum Gasteiger partial charge on any atom is -0.309 e. The topological polar surface area (TPSA) is 99.4 Å². The number of aryl methyl sites for hydroxylation is 1. The maximum Gasteiger partial charge on any atom is 0.242 e. The van der Waals surface area contributed by atoms with Crippen LogP contribution in [0.4, 0.5) is 5.82 Å². The minimum absolute atomic E-state index is 0.107. The summed E-state index contributed by atoms with van der Waals surface area (Å²) in [5.41, 5.74) is 1.11. The first-order valence-electron chi connectivity index (χ1n) is 6.62. The van der Waals surface area contributed by atoms with Gasteiger partial charge in [-0.3, -0.25) is 15.0 Å². The van der Waals surface area contributed by atoms with Crippen molar-refractivity contribution in [3.8, 4) is 0 Å². The third-order valence-electron chi connectivity index (χ3n) is 3.50. The average molecular weight is 295 g/mol. The first-order valence-corrected chi connectivity index (χ1v) is 7.00.